The molecule has 0 fully saturated rings. The summed E-state index contributed by atoms with van der Waals surface area (Å²) >= 11 is 0. The molecule has 0 amide bonds. The van der Waals surface area contributed by atoms with Crippen LogP contribution in [0.2, 0.25) is 0 Å². The first-order valence-electron chi connectivity index (χ1n) is 4.07. The van der Waals surface area contributed by atoms with Gasteiger partial charge in [-0.2, -0.15) is 0 Å². The van der Waals surface area contributed by atoms with Gasteiger partial charge in [0.1, 0.15) is 0 Å². The highest BCUT2D eigenvalue weighted by molar-refractivity contribution is 5.61. The lowest BCUT2D eigenvalue weighted by Crippen LogP contribution is -1.98. The maximum absolute atomic E-state index is 5.45. The molecule has 0 heterocycles. The van der Waals surface area contributed by atoms with E-state index in [1.165, 1.54) is 16.7 Å². The van der Waals surface area contributed by atoms with Gasteiger partial charge in [0.15, 0.2) is 0 Å². The molecule has 1 aliphatic rings. The Kier molecular flexibility index (Phi) is 1.71. The van der Waals surface area contributed by atoms with E-state index < -0.39 is 0 Å². The molecule has 0 bridgehead atoms. The van der Waals surface area contributed by atoms with Gasteiger partial charge in [0.2, 0.25) is 0 Å². The highest BCUT2D eigenvalue weighted by Crippen LogP contribution is 2.20. The fourth-order valence-electron chi connectivity index (χ4n) is 1.45. The molecule has 0 saturated carbocycles. The van der Waals surface area contributed by atoms with E-state index in [1.807, 2.05) is 0 Å². The Balaban J connectivity index is 2.46. The van der Waals surface area contributed by atoms with Crippen LogP contribution in [0.15, 0.2) is 42.1 Å². The van der Waals surface area contributed by atoms with E-state index in [0.717, 1.165) is 6.42 Å². The van der Waals surface area contributed by atoms with Crippen molar-refractivity contribution in [3.8, 4) is 0 Å². The number of nitrogens with two attached hydrogens (primary N) is 1. The third kappa shape index (κ3) is 1.14. The second kappa shape index (κ2) is 2.86. The highest BCUT2D eigenvalue weighted by Gasteiger charge is 2.05. The van der Waals surface area contributed by atoms with Gasteiger partial charge in [0.25, 0.3) is 0 Å². The molecule has 1 aliphatic carbocycles. The summed E-state index contributed by atoms with van der Waals surface area (Å²) in [6.07, 6.45) is 6.81. The topological polar surface area (TPSA) is 26.0 Å². The SMILES string of the molecule is NC=C1C=Cc2ccccc2C1. The maximum atomic E-state index is 5.45. The quantitative estimate of drug-likeness (QED) is 0.613. The van der Waals surface area contributed by atoms with Crippen molar-refractivity contribution in [2.45, 2.75) is 6.42 Å². The van der Waals surface area contributed by atoms with E-state index in [2.05, 4.69) is 36.4 Å². The number of fused-ring (bicyclic) bond motifs is 1. The minimum absolute atomic E-state index is 0.961. The van der Waals surface area contributed by atoms with E-state index in [4.69, 9.17) is 5.73 Å². The minimum atomic E-state index is 0.961. The minimum Gasteiger partial charge on any atom is -0.404 e. The summed E-state index contributed by atoms with van der Waals surface area (Å²) in [5.74, 6) is 0. The van der Waals surface area contributed by atoms with Crippen LogP contribution in [0.1, 0.15) is 11.1 Å². The lowest BCUT2D eigenvalue weighted by Gasteiger charge is -2.11. The van der Waals surface area contributed by atoms with E-state index in [0.29, 0.717) is 0 Å². The van der Waals surface area contributed by atoms with Crippen LogP contribution in [0.25, 0.3) is 6.08 Å². The first-order valence-corrected chi connectivity index (χ1v) is 4.07. The Hall–Kier alpha value is -1.50. The van der Waals surface area contributed by atoms with Crippen molar-refractivity contribution in [2.75, 3.05) is 0 Å². The summed E-state index contributed by atoms with van der Waals surface area (Å²) in [4.78, 5) is 0. The molecule has 0 aliphatic heterocycles. The lowest BCUT2D eigenvalue weighted by molar-refractivity contribution is 1.16. The zero-order valence-electron chi connectivity index (χ0n) is 6.83. The van der Waals surface area contributed by atoms with Crippen LogP contribution in [0, 0.1) is 0 Å². The Bertz CT molecular complexity index is 348. The summed E-state index contributed by atoms with van der Waals surface area (Å²) in [7, 11) is 0. The predicted octanol–water partition coefficient (Wildman–Crippen LogP) is 2.10. The molecule has 2 N–H and O–H groups in total. The van der Waals surface area contributed by atoms with Crippen LogP contribution >= 0.6 is 0 Å². The van der Waals surface area contributed by atoms with Gasteiger partial charge in [-0.25, -0.2) is 0 Å². The van der Waals surface area contributed by atoms with Crippen LogP contribution in [0.4, 0.5) is 0 Å². The van der Waals surface area contributed by atoms with E-state index in [1.54, 1.807) is 6.20 Å². The van der Waals surface area contributed by atoms with Crippen LogP contribution in [0.3, 0.4) is 0 Å². The summed E-state index contributed by atoms with van der Waals surface area (Å²) in [5.41, 5.74) is 9.30. The van der Waals surface area contributed by atoms with Gasteiger partial charge in [-0.05, 0) is 29.3 Å². The standard InChI is InChI=1S/C11H11N/c12-8-9-5-6-10-3-1-2-4-11(10)7-9/h1-6,8H,7,12H2. The van der Waals surface area contributed by atoms with Crippen molar-refractivity contribution in [1.82, 2.24) is 0 Å². The molecule has 1 nitrogen and oxygen atoms in total. The Morgan fingerprint density at radius 3 is 2.83 bits per heavy atom. The first kappa shape index (κ1) is 7.17. The van der Waals surface area contributed by atoms with Gasteiger partial charge in [0.05, 0.1) is 0 Å². The van der Waals surface area contributed by atoms with E-state index >= 15 is 0 Å². The number of benzene rings is 1. The van der Waals surface area contributed by atoms with Gasteiger partial charge < -0.3 is 5.73 Å². The summed E-state index contributed by atoms with van der Waals surface area (Å²) in [6.45, 7) is 0. The smallest absolute Gasteiger partial charge is 0.000563 e. The van der Waals surface area contributed by atoms with E-state index in [-0.39, 0.29) is 0 Å². The van der Waals surface area contributed by atoms with Gasteiger partial charge in [-0.1, -0.05) is 36.4 Å². The molecule has 12 heavy (non-hydrogen) atoms. The Labute approximate surface area is 72.2 Å². The molecule has 60 valence electrons. The predicted molar refractivity (Wildman–Crippen MR) is 51.5 cm³/mol. The lowest BCUT2D eigenvalue weighted by atomic mass is 9.94. The molecule has 0 radical (unpaired) electrons. The fourth-order valence-corrected chi connectivity index (χ4v) is 1.45. The molecule has 0 unspecified atom stereocenters. The van der Waals surface area contributed by atoms with Gasteiger partial charge in [0, 0.05) is 0 Å². The summed E-state index contributed by atoms with van der Waals surface area (Å²) in [5, 5.41) is 0. The number of hydrogen-bond acceptors (Lipinski definition) is 1. The molecular formula is C11H11N. The molecule has 0 atom stereocenters. The number of hydrogen-bond donors (Lipinski definition) is 1. The fraction of sp³-hybridized carbons (Fsp3) is 0.0909. The van der Waals surface area contributed by atoms with Gasteiger partial charge >= 0.3 is 0 Å². The monoisotopic (exact) mass is 157 g/mol. The second-order valence-corrected chi connectivity index (χ2v) is 2.95. The van der Waals surface area contributed by atoms with Crippen LogP contribution in [-0.2, 0) is 6.42 Å². The van der Waals surface area contributed by atoms with Crippen molar-refractivity contribution in [1.29, 1.82) is 0 Å². The van der Waals surface area contributed by atoms with Crippen LogP contribution < -0.4 is 5.73 Å². The molecule has 1 aromatic carbocycles. The third-order valence-electron chi connectivity index (χ3n) is 2.14. The third-order valence-corrected chi connectivity index (χ3v) is 2.14. The van der Waals surface area contributed by atoms with Crippen molar-refractivity contribution < 1.29 is 0 Å². The number of rotatable bonds is 0. The van der Waals surface area contributed by atoms with Crippen molar-refractivity contribution >= 4 is 6.08 Å². The van der Waals surface area contributed by atoms with Gasteiger partial charge in [-0.15, -0.1) is 0 Å². The zero-order chi connectivity index (χ0) is 8.39. The Morgan fingerprint density at radius 2 is 2.00 bits per heavy atom. The Morgan fingerprint density at radius 1 is 1.17 bits per heavy atom. The van der Waals surface area contributed by atoms with Crippen molar-refractivity contribution in [3.63, 3.8) is 0 Å². The average molecular weight is 157 g/mol. The molecule has 2 rings (SSSR count). The molecule has 1 aromatic rings. The van der Waals surface area contributed by atoms with Crippen LogP contribution in [-0.4, -0.2) is 0 Å². The largest absolute Gasteiger partial charge is 0.404 e. The zero-order valence-corrected chi connectivity index (χ0v) is 6.83. The normalized spacial score (nSPS) is 17.8. The molecular weight excluding hydrogens is 146 g/mol. The highest BCUT2D eigenvalue weighted by atomic mass is 14.5. The van der Waals surface area contributed by atoms with Gasteiger partial charge in [-0.3, -0.25) is 0 Å². The molecule has 0 saturated heterocycles. The maximum Gasteiger partial charge on any atom is -0.000563 e. The van der Waals surface area contributed by atoms with Crippen LogP contribution in [0.5, 0.6) is 0 Å². The van der Waals surface area contributed by atoms with Crippen molar-refractivity contribution in [2.24, 2.45) is 5.73 Å². The second-order valence-electron chi connectivity index (χ2n) is 2.95. The first-order chi connectivity index (χ1) is 5.90. The van der Waals surface area contributed by atoms with Crippen molar-refractivity contribution in [3.05, 3.63) is 53.2 Å². The summed E-state index contributed by atoms with van der Waals surface area (Å²) < 4.78 is 0. The van der Waals surface area contributed by atoms with E-state index in [9.17, 15) is 0 Å². The molecule has 0 aromatic heterocycles. The molecule has 1 heteroatoms. The average Bonchev–Trinajstić information content (AvgIpc) is 2.17. The molecule has 0 spiro atoms. The number of allylic oxidation sites excluding steroid dienone is 2. The summed E-state index contributed by atoms with van der Waals surface area (Å²) in [6, 6.07) is 8.38.